The van der Waals surface area contributed by atoms with Gasteiger partial charge in [-0.15, -0.1) is 0 Å². The highest BCUT2D eigenvalue weighted by Gasteiger charge is 2.19. The summed E-state index contributed by atoms with van der Waals surface area (Å²) in [6, 6.07) is -1.39. The van der Waals surface area contributed by atoms with Crippen LogP contribution in [0.1, 0.15) is 213 Å². The Bertz CT molecular complexity index is 1040. The van der Waals surface area contributed by atoms with Crippen molar-refractivity contribution in [1.82, 2.24) is 10.6 Å². The third-order valence-corrected chi connectivity index (χ3v) is 10.1. The monoisotopic (exact) mass is 789 g/mol. The lowest BCUT2D eigenvalue weighted by atomic mass is 10.0. The molecule has 324 valence electrons. The van der Waals surface area contributed by atoms with Crippen LogP contribution in [-0.4, -0.2) is 59.3 Å². The van der Waals surface area contributed by atoms with Crippen molar-refractivity contribution in [2.24, 2.45) is 0 Å². The van der Waals surface area contributed by atoms with E-state index >= 15 is 0 Å². The van der Waals surface area contributed by atoms with Crippen LogP contribution in [0.2, 0.25) is 0 Å². The number of esters is 1. The summed E-state index contributed by atoms with van der Waals surface area (Å²) in [6.45, 7) is 3.45. The van der Waals surface area contributed by atoms with Gasteiger partial charge in [0.15, 0.2) is 0 Å². The summed E-state index contributed by atoms with van der Waals surface area (Å²) in [5.74, 6) is -2.33. The number of amides is 2. The number of hydrogen-bond acceptors (Lipinski definition) is 6. The maximum atomic E-state index is 12.8. The van der Waals surface area contributed by atoms with Crippen molar-refractivity contribution in [3.8, 4) is 0 Å². The van der Waals surface area contributed by atoms with E-state index in [1.807, 2.05) is 0 Å². The molecule has 0 aliphatic heterocycles. The van der Waals surface area contributed by atoms with Gasteiger partial charge in [0.05, 0.1) is 13.2 Å². The number of unbranched alkanes of at least 4 members (excludes halogenated alkanes) is 21. The normalized spacial score (nSPS) is 12.8. The van der Waals surface area contributed by atoms with Crippen LogP contribution < -0.4 is 10.6 Å². The number of aliphatic hydroxyl groups is 1. The second-order valence-electron chi connectivity index (χ2n) is 15.5. The molecule has 9 nitrogen and oxygen atoms in total. The molecule has 0 aromatic heterocycles. The van der Waals surface area contributed by atoms with Gasteiger partial charge in [-0.3, -0.25) is 14.4 Å². The van der Waals surface area contributed by atoms with Gasteiger partial charge in [0.2, 0.25) is 11.8 Å². The van der Waals surface area contributed by atoms with Crippen molar-refractivity contribution in [3.63, 3.8) is 0 Å². The molecule has 0 aromatic carbocycles. The van der Waals surface area contributed by atoms with Crippen LogP contribution in [-0.2, 0) is 23.9 Å². The first-order chi connectivity index (χ1) is 27.3. The zero-order chi connectivity index (χ0) is 41.2. The summed E-state index contributed by atoms with van der Waals surface area (Å²) >= 11 is 0. The van der Waals surface area contributed by atoms with E-state index in [9.17, 15) is 19.2 Å². The quantitative estimate of drug-likeness (QED) is 0.0274. The highest BCUT2D eigenvalue weighted by atomic mass is 16.5. The van der Waals surface area contributed by atoms with Gasteiger partial charge in [-0.2, -0.15) is 0 Å². The maximum Gasteiger partial charge on any atom is 0.328 e. The van der Waals surface area contributed by atoms with E-state index in [2.05, 4.69) is 60.9 Å². The maximum absolute atomic E-state index is 12.8. The third kappa shape index (κ3) is 38.0. The van der Waals surface area contributed by atoms with Gasteiger partial charge in [0.1, 0.15) is 12.1 Å². The number of carboxylic acids is 1. The third-order valence-electron chi connectivity index (χ3n) is 10.1. The minimum absolute atomic E-state index is 0.0577. The molecule has 0 radical (unpaired) electrons. The zero-order valence-corrected chi connectivity index (χ0v) is 35.9. The van der Waals surface area contributed by atoms with Crippen molar-refractivity contribution in [2.75, 3.05) is 13.2 Å². The van der Waals surface area contributed by atoms with Crippen LogP contribution in [0.15, 0.2) is 36.5 Å². The smallest absolute Gasteiger partial charge is 0.328 e. The van der Waals surface area contributed by atoms with Crippen molar-refractivity contribution >= 4 is 23.8 Å². The van der Waals surface area contributed by atoms with Gasteiger partial charge in [0, 0.05) is 12.8 Å². The fourth-order valence-electron chi connectivity index (χ4n) is 6.57. The number of aliphatic carboxylic acids is 1. The van der Waals surface area contributed by atoms with Crippen molar-refractivity contribution in [3.05, 3.63) is 36.5 Å². The standard InChI is InChI=1S/C47H84N2O7/c1-3-5-7-9-11-13-15-16-17-18-19-20-22-24-26-31-35-39-46(53)56-42(36-32-28-25-23-21-14-12-10-8-6-4-2)37-33-29-27-30-34-38-44(51)48-40-45(52)49-43(41-50)47(54)55/h12,14,16-17,23,25,42-43,50H,3-11,13,15,18-22,24,26-41H2,1-2H3,(H,48,51)(H,49,52)(H,54,55)/b14-12-,17-16-,25-23-. The molecule has 56 heavy (non-hydrogen) atoms. The number of hydrogen-bond donors (Lipinski definition) is 4. The molecule has 0 saturated carbocycles. The van der Waals surface area contributed by atoms with Gasteiger partial charge < -0.3 is 25.6 Å². The van der Waals surface area contributed by atoms with Gasteiger partial charge >= 0.3 is 11.9 Å². The van der Waals surface area contributed by atoms with Gasteiger partial charge in [0.25, 0.3) is 0 Å². The molecule has 0 saturated heterocycles. The largest absolute Gasteiger partial charge is 0.480 e. The van der Waals surface area contributed by atoms with E-state index in [1.54, 1.807) is 0 Å². The Morgan fingerprint density at radius 2 is 0.982 bits per heavy atom. The number of rotatable bonds is 41. The van der Waals surface area contributed by atoms with Gasteiger partial charge in [-0.25, -0.2) is 4.79 Å². The van der Waals surface area contributed by atoms with E-state index in [1.165, 1.54) is 103 Å². The lowest BCUT2D eigenvalue weighted by Crippen LogP contribution is -2.47. The summed E-state index contributed by atoms with van der Waals surface area (Å²) in [6.07, 6.45) is 47.4. The highest BCUT2D eigenvalue weighted by Crippen LogP contribution is 2.18. The first-order valence-electron chi connectivity index (χ1n) is 22.9. The predicted molar refractivity (Wildman–Crippen MR) is 231 cm³/mol. The number of carbonyl (C=O) groups excluding carboxylic acids is 3. The minimum Gasteiger partial charge on any atom is -0.480 e. The Labute approximate surface area is 342 Å². The highest BCUT2D eigenvalue weighted by molar-refractivity contribution is 5.87. The molecular weight excluding hydrogens is 705 g/mol. The Morgan fingerprint density at radius 1 is 0.536 bits per heavy atom. The second-order valence-corrected chi connectivity index (χ2v) is 15.5. The number of ether oxygens (including phenoxy) is 1. The first kappa shape index (κ1) is 53.1. The summed E-state index contributed by atoms with van der Waals surface area (Å²) in [5.41, 5.74) is 0. The molecule has 0 aliphatic carbocycles. The Morgan fingerprint density at radius 3 is 1.55 bits per heavy atom. The average molecular weight is 789 g/mol. The molecule has 0 fully saturated rings. The Hall–Kier alpha value is -2.94. The number of aliphatic hydroxyl groups excluding tert-OH is 1. The summed E-state index contributed by atoms with van der Waals surface area (Å²) in [5, 5.41) is 22.6. The lowest BCUT2D eigenvalue weighted by molar-refractivity contribution is -0.150. The van der Waals surface area contributed by atoms with Crippen LogP contribution in [0.3, 0.4) is 0 Å². The molecule has 0 rings (SSSR count). The van der Waals surface area contributed by atoms with Crippen molar-refractivity contribution in [2.45, 2.75) is 225 Å². The van der Waals surface area contributed by atoms with E-state index in [0.717, 1.165) is 77.0 Å². The number of nitrogens with one attached hydrogen (secondary N) is 2. The van der Waals surface area contributed by atoms with Crippen LogP contribution in [0, 0.1) is 0 Å². The summed E-state index contributed by atoms with van der Waals surface area (Å²) in [4.78, 5) is 47.6. The van der Waals surface area contributed by atoms with E-state index in [-0.39, 0.29) is 30.9 Å². The summed E-state index contributed by atoms with van der Waals surface area (Å²) in [7, 11) is 0. The van der Waals surface area contributed by atoms with Crippen LogP contribution in [0.25, 0.3) is 0 Å². The SMILES string of the molecule is CCCCC/C=C\C/C=C\CCCC(CCCCCCCC(=O)NCC(=O)NC(CO)C(=O)O)OC(=O)CCCCCCCCC/C=C\CCCCCCCC. The molecule has 0 aromatic rings. The minimum atomic E-state index is -1.39. The average Bonchev–Trinajstić information content (AvgIpc) is 3.18. The van der Waals surface area contributed by atoms with Crippen LogP contribution in [0.5, 0.6) is 0 Å². The molecule has 2 unspecified atom stereocenters. The van der Waals surface area contributed by atoms with E-state index in [4.69, 9.17) is 14.9 Å². The van der Waals surface area contributed by atoms with Gasteiger partial charge in [-0.05, 0) is 89.9 Å². The van der Waals surface area contributed by atoms with Crippen LogP contribution in [0.4, 0.5) is 0 Å². The molecule has 0 aliphatic rings. The number of allylic oxidation sites excluding steroid dienone is 6. The lowest BCUT2D eigenvalue weighted by Gasteiger charge is -2.18. The Kier molecular flexibility index (Phi) is 39.5. The van der Waals surface area contributed by atoms with E-state index in [0.29, 0.717) is 12.8 Å². The fraction of sp³-hybridized carbons (Fsp3) is 0.787. The fourth-order valence-corrected chi connectivity index (χ4v) is 6.57. The molecule has 9 heteroatoms. The number of carboxylic acid groups (broad SMARTS) is 1. The molecule has 2 amide bonds. The Balaban J connectivity index is 4.31. The zero-order valence-electron chi connectivity index (χ0n) is 35.9. The second kappa shape index (κ2) is 41.7. The molecule has 2 atom stereocenters. The molecule has 0 bridgehead atoms. The molecular formula is C47H84N2O7. The number of carbonyl (C=O) groups is 4. The topological polar surface area (TPSA) is 142 Å². The van der Waals surface area contributed by atoms with Gasteiger partial charge in [-0.1, -0.05) is 147 Å². The molecule has 4 N–H and O–H groups in total. The molecule has 0 heterocycles. The summed E-state index contributed by atoms with van der Waals surface area (Å²) < 4.78 is 6.01. The van der Waals surface area contributed by atoms with E-state index < -0.39 is 24.5 Å². The molecule has 0 spiro atoms. The predicted octanol–water partition coefficient (Wildman–Crippen LogP) is 11.4. The first-order valence-corrected chi connectivity index (χ1v) is 22.9. The van der Waals surface area contributed by atoms with Crippen molar-refractivity contribution in [1.29, 1.82) is 0 Å². The van der Waals surface area contributed by atoms with Crippen LogP contribution >= 0.6 is 0 Å². The van der Waals surface area contributed by atoms with Crippen molar-refractivity contribution < 1.29 is 34.1 Å².